The minimum atomic E-state index is -0.246. The Bertz CT molecular complexity index is 982. The van der Waals surface area contributed by atoms with Crippen molar-refractivity contribution in [3.05, 3.63) is 77.7 Å². The lowest BCUT2D eigenvalue weighted by molar-refractivity contribution is 0.302. The molecule has 0 radical (unpaired) electrons. The molecule has 0 saturated carbocycles. The first kappa shape index (κ1) is 14.8. The summed E-state index contributed by atoms with van der Waals surface area (Å²) in [4.78, 5) is 8.84. The molecule has 0 aliphatic carbocycles. The van der Waals surface area contributed by atoms with E-state index in [4.69, 9.17) is 4.74 Å². The molecule has 3 nitrogen and oxygen atoms in total. The van der Waals surface area contributed by atoms with E-state index in [0.29, 0.717) is 6.61 Å². The number of halogens is 1. The van der Waals surface area contributed by atoms with Crippen LogP contribution in [0.3, 0.4) is 0 Å². The standard InChI is InChI=1S/C19H13FN2OS/c20-15-5-3-13(4-6-15)19-22-16(12-24-19)11-23-17-7-8-18-14(10-17)2-1-9-21-18/h1-10,12H,11H2. The molecule has 0 aliphatic rings. The van der Waals surface area contributed by atoms with Crippen LogP contribution >= 0.6 is 11.3 Å². The van der Waals surface area contributed by atoms with E-state index in [2.05, 4.69) is 9.97 Å². The molecular weight excluding hydrogens is 323 g/mol. The van der Waals surface area contributed by atoms with Gasteiger partial charge in [0.2, 0.25) is 0 Å². The number of hydrogen-bond acceptors (Lipinski definition) is 4. The highest BCUT2D eigenvalue weighted by Gasteiger charge is 2.06. The zero-order chi connectivity index (χ0) is 16.4. The monoisotopic (exact) mass is 336 g/mol. The van der Waals surface area contributed by atoms with E-state index in [1.807, 2.05) is 35.7 Å². The second-order valence-electron chi connectivity index (χ2n) is 5.30. The number of benzene rings is 2. The number of ether oxygens (including phenoxy) is 1. The van der Waals surface area contributed by atoms with Gasteiger partial charge in [-0.15, -0.1) is 11.3 Å². The molecule has 0 spiro atoms. The zero-order valence-electron chi connectivity index (χ0n) is 12.6. The molecular formula is C19H13FN2OS. The SMILES string of the molecule is Fc1ccc(-c2nc(COc3ccc4ncccc4c3)cs2)cc1. The highest BCUT2D eigenvalue weighted by Crippen LogP contribution is 2.25. The van der Waals surface area contributed by atoms with E-state index < -0.39 is 0 Å². The number of hydrogen-bond donors (Lipinski definition) is 0. The smallest absolute Gasteiger partial charge is 0.131 e. The summed E-state index contributed by atoms with van der Waals surface area (Å²) in [6.45, 7) is 0.392. The minimum Gasteiger partial charge on any atom is -0.487 e. The number of pyridine rings is 1. The van der Waals surface area contributed by atoms with Crippen LogP contribution in [0.5, 0.6) is 5.75 Å². The van der Waals surface area contributed by atoms with Crippen LogP contribution < -0.4 is 4.74 Å². The molecule has 118 valence electrons. The summed E-state index contributed by atoms with van der Waals surface area (Å²) < 4.78 is 18.8. The van der Waals surface area contributed by atoms with Gasteiger partial charge in [-0.05, 0) is 48.5 Å². The molecule has 0 fully saturated rings. The molecule has 0 atom stereocenters. The minimum absolute atomic E-state index is 0.246. The topological polar surface area (TPSA) is 35.0 Å². The van der Waals surface area contributed by atoms with Gasteiger partial charge < -0.3 is 4.74 Å². The first-order chi connectivity index (χ1) is 11.8. The normalized spacial score (nSPS) is 10.9. The maximum Gasteiger partial charge on any atom is 0.131 e. The van der Waals surface area contributed by atoms with Crippen molar-refractivity contribution in [3.63, 3.8) is 0 Å². The van der Waals surface area contributed by atoms with Gasteiger partial charge in [0.1, 0.15) is 23.2 Å². The Morgan fingerprint density at radius 1 is 1.04 bits per heavy atom. The van der Waals surface area contributed by atoms with Crippen LogP contribution in [-0.2, 0) is 6.61 Å². The van der Waals surface area contributed by atoms with Crippen LogP contribution in [0.1, 0.15) is 5.69 Å². The molecule has 0 amide bonds. The second kappa shape index (κ2) is 6.37. The summed E-state index contributed by atoms with van der Waals surface area (Å²) in [5.41, 5.74) is 2.70. The molecule has 0 unspecified atom stereocenters. The van der Waals surface area contributed by atoms with E-state index >= 15 is 0 Å². The lowest BCUT2D eigenvalue weighted by Crippen LogP contribution is -1.95. The van der Waals surface area contributed by atoms with Gasteiger partial charge in [0.25, 0.3) is 0 Å². The van der Waals surface area contributed by atoms with Gasteiger partial charge in [-0.25, -0.2) is 9.37 Å². The van der Waals surface area contributed by atoms with Gasteiger partial charge in [0, 0.05) is 22.5 Å². The molecule has 5 heteroatoms. The molecule has 4 rings (SSSR count). The molecule has 2 heterocycles. The molecule has 2 aromatic carbocycles. The van der Waals surface area contributed by atoms with Crippen LogP contribution in [-0.4, -0.2) is 9.97 Å². The number of fused-ring (bicyclic) bond motifs is 1. The van der Waals surface area contributed by atoms with Gasteiger partial charge in [-0.3, -0.25) is 4.98 Å². The second-order valence-corrected chi connectivity index (χ2v) is 6.16. The number of rotatable bonds is 4. The average Bonchev–Trinajstić information content (AvgIpc) is 3.09. The summed E-state index contributed by atoms with van der Waals surface area (Å²) in [6, 6.07) is 16.1. The summed E-state index contributed by atoms with van der Waals surface area (Å²) >= 11 is 1.52. The van der Waals surface area contributed by atoms with Crippen molar-refractivity contribution in [1.29, 1.82) is 0 Å². The fourth-order valence-corrected chi connectivity index (χ4v) is 3.21. The van der Waals surface area contributed by atoms with Crippen molar-refractivity contribution in [3.8, 4) is 16.3 Å². The van der Waals surface area contributed by atoms with Crippen molar-refractivity contribution in [2.45, 2.75) is 6.61 Å². The summed E-state index contributed by atoms with van der Waals surface area (Å²) in [7, 11) is 0. The summed E-state index contributed by atoms with van der Waals surface area (Å²) in [6.07, 6.45) is 1.77. The van der Waals surface area contributed by atoms with Crippen LogP contribution in [0.4, 0.5) is 4.39 Å². The predicted molar refractivity (Wildman–Crippen MR) is 93.6 cm³/mol. The Morgan fingerprint density at radius 2 is 1.92 bits per heavy atom. The molecule has 4 aromatic rings. The third-order valence-corrected chi connectivity index (χ3v) is 4.54. The first-order valence-corrected chi connectivity index (χ1v) is 8.34. The van der Waals surface area contributed by atoms with Crippen molar-refractivity contribution < 1.29 is 9.13 Å². The third-order valence-electron chi connectivity index (χ3n) is 3.60. The number of thiazole rings is 1. The van der Waals surface area contributed by atoms with E-state index in [-0.39, 0.29) is 5.82 Å². The van der Waals surface area contributed by atoms with Gasteiger partial charge in [0.15, 0.2) is 0 Å². The van der Waals surface area contributed by atoms with Crippen LogP contribution in [0.15, 0.2) is 66.2 Å². The lowest BCUT2D eigenvalue weighted by Gasteiger charge is -2.05. The van der Waals surface area contributed by atoms with Crippen LogP contribution in [0, 0.1) is 5.82 Å². The maximum absolute atomic E-state index is 13.0. The van der Waals surface area contributed by atoms with Gasteiger partial charge in [-0.2, -0.15) is 0 Å². The van der Waals surface area contributed by atoms with Crippen molar-refractivity contribution in [2.24, 2.45) is 0 Å². The highest BCUT2D eigenvalue weighted by atomic mass is 32.1. The lowest BCUT2D eigenvalue weighted by atomic mass is 10.2. The Morgan fingerprint density at radius 3 is 2.79 bits per heavy atom. The average molecular weight is 336 g/mol. The van der Waals surface area contributed by atoms with Crippen molar-refractivity contribution in [1.82, 2.24) is 9.97 Å². The summed E-state index contributed by atoms with van der Waals surface area (Å²) in [5.74, 6) is 0.538. The quantitative estimate of drug-likeness (QED) is 0.521. The Kier molecular flexibility index (Phi) is 3.92. The summed E-state index contributed by atoms with van der Waals surface area (Å²) in [5, 5.41) is 3.86. The van der Waals surface area contributed by atoms with E-state index in [0.717, 1.165) is 32.9 Å². The van der Waals surface area contributed by atoms with Crippen LogP contribution in [0.2, 0.25) is 0 Å². The number of nitrogens with zero attached hydrogens (tertiary/aromatic N) is 2. The van der Waals surface area contributed by atoms with Crippen LogP contribution in [0.25, 0.3) is 21.5 Å². The van der Waals surface area contributed by atoms with Gasteiger partial charge in [0.05, 0.1) is 11.2 Å². The fraction of sp³-hybridized carbons (Fsp3) is 0.0526. The molecule has 0 saturated heterocycles. The first-order valence-electron chi connectivity index (χ1n) is 7.46. The van der Waals surface area contributed by atoms with Gasteiger partial charge >= 0.3 is 0 Å². The van der Waals surface area contributed by atoms with Gasteiger partial charge in [-0.1, -0.05) is 6.07 Å². The Hall–Kier alpha value is -2.79. The zero-order valence-corrected chi connectivity index (χ0v) is 13.5. The molecule has 0 aliphatic heterocycles. The number of aromatic nitrogens is 2. The maximum atomic E-state index is 13.0. The van der Waals surface area contributed by atoms with E-state index in [1.54, 1.807) is 18.3 Å². The Labute approximate surface area is 142 Å². The third kappa shape index (κ3) is 3.12. The largest absolute Gasteiger partial charge is 0.487 e. The van der Waals surface area contributed by atoms with Crippen molar-refractivity contribution in [2.75, 3.05) is 0 Å². The molecule has 2 aromatic heterocycles. The predicted octanol–water partition coefficient (Wildman–Crippen LogP) is 5.08. The molecule has 0 N–H and O–H groups in total. The molecule has 0 bridgehead atoms. The van der Waals surface area contributed by atoms with Crippen molar-refractivity contribution >= 4 is 22.2 Å². The van der Waals surface area contributed by atoms with E-state index in [1.165, 1.54) is 23.5 Å². The Balaban J connectivity index is 1.48. The van der Waals surface area contributed by atoms with E-state index in [9.17, 15) is 4.39 Å². The molecule has 24 heavy (non-hydrogen) atoms. The highest BCUT2D eigenvalue weighted by molar-refractivity contribution is 7.13. The fourth-order valence-electron chi connectivity index (χ4n) is 2.40.